The Morgan fingerprint density at radius 3 is 2.09 bits per heavy atom. The summed E-state index contributed by atoms with van der Waals surface area (Å²) in [7, 11) is 2.12. The van der Waals surface area contributed by atoms with Gasteiger partial charge in [0.15, 0.2) is 12.3 Å². The van der Waals surface area contributed by atoms with Crippen molar-refractivity contribution in [1.82, 2.24) is 0 Å². The van der Waals surface area contributed by atoms with E-state index in [9.17, 15) is 0 Å². The third kappa shape index (κ3) is 1.52. The highest BCUT2D eigenvalue weighted by molar-refractivity contribution is 5.70. The van der Waals surface area contributed by atoms with E-state index in [1.54, 1.807) is 0 Å². The number of nitrogens with zero attached hydrogens (tertiary/aromatic N) is 1. The molecule has 1 aliphatic rings. The van der Waals surface area contributed by atoms with Gasteiger partial charge in [-0.05, 0) is 5.41 Å². The summed E-state index contributed by atoms with van der Waals surface area (Å²) in [6.45, 7) is 9.05. The zero-order chi connectivity index (χ0) is 8.65. The second-order valence-electron chi connectivity index (χ2n) is 4.36. The summed E-state index contributed by atoms with van der Waals surface area (Å²) in [5.74, 6) is 0. The molecule has 0 aromatic rings. The second kappa shape index (κ2) is 2.47. The van der Waals surface area contributed by atoms with Crippen molar-refractivity contribution in [2.45, 2.75) is 33.7 Å². The van der Waals surface area contributed by atoms with Crippen LogP contribution in [0.1, 0.15) is 27.7 Å². The summed E-state index contributed by atoms with van der Waals surface area (Å²) >= 11 is 0. The van der Waals surface area contributed by atoms with Gasteiger partial charge >= 0.3 is 0 Å². The van der Waals surface area contributed by atoms with Gasteiger partial charge in [-0.2, -0.15) is 0 Å². The fourth-order valence-electron chi connectivity index (χ4n) is 1.56. The van der Waals surface area contributed by atoms with Crippen LogP contribution in [0.3, 0.4) is 0 Å². The molecule has 1 rings (SSSR count). The molecule has 1 nitrogen and oxygen atoms in total. The van der Waals surface area contributed by atoms with Crippen molar-refractivity contribution >= 4 is 6.21 Å². The summed E-state index contributed by atoms with van der Waals surface area (Å²) < 4.78 is 2.25. The van der Waals surface area contributed by atoms with E-state index in [1.165, 1.54) is 5.57 Å². The normalized spacial score (nSPS) is 25.0. The van der Waals surface area contributed by atoms with Gasteiger partial charge in [-0.25, -0.2) is 4.58 Å². The second-order valence-corrected chi connectivity index (χ2v) is 4.36. The number of hydrogen-bond donors (Lipinski definition) is 0. The first-order chi connectivity index (χ1) is 4.93. The molecular weight excluding hydrogens is 134 g/mol. The molecule has 0 N–H and O–H groups in total. The minimum Gasteiger partial charge on any atom is -0.232 e. The van der Waals surface area contributed by atoms with E-state index >= 15 is 0 Å². The molecule has 0 spiro atoms. The van der Waals surface area contributed by atoms with Crippen LogP contribution >= 0.6 is 0 Å². The van der Waals surface area contributed by atoms with Crippen LogP contribution in [-0.4, -0.2) is 23.9 Å². The fourth-order valence-corrected chi connectivity index (χ4v) is 1.56. The van der Waals surface area contributed by atoms with Crippen LogP contribution in [0.15, 0.2) is 11.6 Å². The van der Waals surface area contributed by atoms with Gasteiger partial charge in [0.2, 0.25) is 0 Å². The number of hydrogen-bond acceptors (Lipinski definition) is 0. The number of allylic oxidation sites excluding steroid dienone is 1. The predicted octanol–water partition coefficient (Wildman–Crippen LogP) is 2.07. The molecule has 0 aromatic carbocycles. The van der Waals surface area contributed by atoms with Gasteiger partial charge in [-0.1, -0.05) is 20.8 Å². The first-order valence-corrected chi connectivity index (χ1v) is 4.20. The molecular formula is C10H18N+. The van der Waals surface area contributed by atoms with Crippen LogP contribution in [0.5, 0.6) is 0 Å². The Hall–Kier alpha value is -0.590. The molecule has 1 unspecified atom stereocenters. The quantitative estimate of drug-likeness (QED) is 0.467. The first-order valence-electron chi connectivity index (χ1n) is 4.20. The van der Waals surface area contributed by atoms with Crippen molar-refractivity contribution in [3.05, 3.63) is 11.6 Å². The van der Waals surface area contributed by atoms with Crippen molar-refractivity contribution in [2.75, 3.05) is 7.05 Å². The Bertz CT molecular complexity index is 216. The average Bonchev–Trinajstić information content (AvgIpc) is 2.11. The van der Waals surface area contributed by atoms with E-state index in [4.69, 9.17) is 0 Å². The van der Waals surface area contributed by atoms with Gasteiger partial charge in [0.25, 0.3) is 0 Å². The van der Waals surface area contributed by atoms with E-state index in [0.717, 1.165) is 0 Å². The molecule has 62 valence electrons. The van der Waals surface area contributed by atoms with E-state index < -0.39 is 0 Å². The molecule has 11 heavy (non-hydrogen) atoms. The Kier molecular flexibility index (Phi) is 1.91. The van der Waals surface area contributed by atoms with E-state index in [0.29, 0.717) is 11.5 Å². The van der Waals surface area contributed by atoms with Gasteiger partial charge in [0.1, 0.15) is 7.05 Å². The predicted molar refractivity (Wildman–Crippen MR) is 49.2 cm³/mol. The Morgan fingerprint density at radius 2 is 1.91 bits per heavy atom. The molecule has 0 saturated heterocycles. The van der Waals surface area contributed by atoms with Gasteiger partial charge in [0.05, 0.1) is 0 Å². The third-order valence-corrected chi connectivity index (χ3v) is 2.42. The SMILES string of the molecule is CC1C(C(C)(C)C)=CC=[N+]1C. The molecule has 0 aliphatic carbocycles. The van der Waals surface area contributed by atoms with Crippen molar-refractivity contribution in [3.63, 3.8) is 0 Å². The van der Waals surface area contributed by atoms with Crippen LogP contribution in [0.2, 0.25) is 0 Å². The lowest BCUT2D eigenvalue weighted by Crippen LogP contribution is -2.24. The first kappa shape index (κ1) is 8.51. The summed E-state index contributed by atoms with van der Waals surface area (Å²) in [6.07, 6.45) is 4.40. The van der Waals surface area contributed by atoms with Crippen molar-refractivity contribution in [2.24, 2.45) is 5.41 Å². The molecule has 0 aromatic heterocycles. The number of likely N-dealkylation sites (N-methyl/N-ethyl adjacent to an activating group) is 1. The Morgan fingerprint density at radius 1 is 1.36 bits per heavy atom. The lowest BCUT2D eigenvalue weighted by atomic mass is 9.83. The maximum absolute atomic E-state index is 2.27. The maximum atomic E-state index is 2.27. The molecule has 1 aliphatic heterocycles. The molecule has 0 fully saturated rings. The zero-order valence-electron chi connectivity index (χ0n) is 8.18. The minimum absolute atomic E-state index is 0.320. The Labute approximate surface area is 69.4 Å². The van der Waals surface area contributed by atoms with Crippen LogP contribution in [0, 0.1) is 5.41 Å². The largest absolute Gasteiger partial charge is 0.232 e. The van der Waals surface area contributed by atoms with Crippen molar-refractivity contribution in [3.8, 4) is 0 Å². The lowest BCUT2D eigenvalue weighted by Gasteiger charge is -2.21. The molecule has 0 bridgehead atoms. The van der Waals surface area contributed by atoms with Crippen LogP contribution < -0.4 is 0 Å². The van der Waals surface area contributed by atoms with Gasteiger partial charge in [-0.15, -0.1) is 0 Å². The highest BCUT2D eigenvalue weighted by atomic mass is 15.0. The average molecular weight is 152 g/mol. The highest BCUT2D eigenvalue weighted by Crippen LogP contribution is 2.30. The van der Waals surface area contributed by atoms with Gasteiger partial charge in [-0.3, -0.25) is 0 Å². The topological polar surface area (TPSA) is 3.01 Å². The van der Waals surface area contributed by atoms with Crippen LogP contribution in [0.4, 0.5) is 0 Å². The maximum Gasteiger partial charge on any atom is 0.172 e. The monoisotopic (exact) mass is 152 g/mol. The Balaban J connectivity index is 2.83. The smallest absolute Gasteiger partial charge is 0.172 e. The van der Waals surface area contributed by atoms with Gasteiger partial charge < -0.3 is 0 Å². The van der Waals surface area contributed by atoms with Crippen molar-refractivity contribution < 1.29 is 4.58 Å². The van der Waals surface area contributed by atoms with Crippen LogP contribution in [-0.2, 0) is 0 Å². The third-order valence-electron chi connectivity index (χ3n) is 2.42. The van der Waals surface area contributed by atoms with Crippen molar-refractivity contribution in [1.29, 1.82) is 0 Å². The molecule has 1 heterocycles. The zero-order valence-corrected chi connectivity index (χ0v) is 8.18. The van der Waals surface area contributed by atoms with E-state index in [2.05, 4.69) is 51.6 Å². The summed E-state index contributed by atoms with van der Waals surface area (Å²) in [6, 6.07) is 0.579. The van der Waals surface area contributed by atoms with E-state index in [1.807, 2.05) is 0 Å². The molecule has 1 heteroatoms. The lowest BCUT2D eigenvalue weighted by molar-refractivity contribution is -0.516. The summed E-state index contributed by atoms with van der Waals surface area (Å²) in [4.78, 5) is 0. The molecule has 1 atom stereocenters. The van der Waals surface area contributed by atoms with Crippen LogP contribution in [0.25, 0.3) is 0 Å². The minimum atomic E-state index is 0.320. The molecule has 0 radical (unpaired) electrons. The highest BCUT2D eigenvalue weighted by Gasteiger charge is 2.30. The van der Waals surface area contributed by atoms with Gasteiger partial charge in [0, 0.05) is 18.6 Å². The molecule has 0 saturated carbocycles. The standard InChI is InChI=1S/C10H18N/c1-8-9(10(2,3)4)6-7-11(8)5/h6-8H,1-5H3/q+1. The summed E-state index contributed by atoms with van der Waals surface area (Å²) in [5.41, 5.74) is 1.85. The fraction of sp³-hybridized carbons (Fsp3) is 0.700. The number of rotatable bonds is 0. The van der Waals surface area contributed by atoms with E-state index in [-0.39, 0.29) is 0 Å². The molecule has 0 amide bonds. The summed E-state index contributed by atoms with van der Waals surface area (Å²) in [5, 5.41) is 0.